The monoisotopic (exact) mass is 481 g/mol. The summed E-state index contributed by atoms with van der Waals surface area (Å²) in [5, 5.41) is 11.6. The van der Waals surface area contributed by atoms with E-state index < -0.39 is 0 Å². The summed E-state index contributed by atoms with van der Waals surface area (Å²) in [6.07, 6.45) is 1.71. The second-order valence-electron chi connectivity index (χ2n) is 7.35. The summed E-state index contributed by atoms with van der Waals surface area (Å²) in [5.74, 6) is -0.178. The van der Waals surface area contributed by atoms with Crippen LogP contribution in [0.1, 0.15) is 32.9 Å². The number of nitrogens with zero attached hydrogens (tertiary/aromatic N) is 4. The van der Waals surface area contributed by atoms with Crippen molar-refractivity contribution in [3.8, 4) is 0 Å². The molecule has 2 aromatic heterocycles. The first-order valence-corrected chi connectivity index (χ1v) is 10.6. The molecule has 158 valence electrons. The molecule has 4 rings (SSSR count). The Labute approximate surface area is 187 Å². The molecule has 8 heteroatoms. The number of hydrogen-bond donors (Lipinski definition) is 1. The van der Waals surface area contributed by atoms with Crippen molar-refractivity contribution in [1.29, 1.82) is 0 Å². The van der Waals surface area contributed by atoms with E-state index in [1.165, 1.54) is 6.07 Å². The Morgan fingerprint density at radius 2 is 1.81 bits per heavy atom. The molecule has 0 saturated carbocycles. The van der Waals surface area contributed by atoms with Gasteiger partial charge >= 0.3 is 0 Å². The lowest BCUT2D eigenvalue weighted by molar-refractivity contribution is 0.102. The number of nitrogens with one attached hydrogen (secondary N) is 1. The number of rotatable bonds is 6. The smallest absolute Gasteiger partial charge is 0.256 e. The van der Waals surface area contributed by atoms with E-state index in [2.05, 4.69) is 31.4 Å². The highest BCUT2D eigenvalue weighted by atomic mass is 79.9. The average Bonchev–Trinajstić information content (AvgIpc) is 3.24. The zero-order chi connectivity index (χ0) is 22.0. The van der Waals surface area contributed by atoms with Crippen molar-refractivity contribution in [3.05, 3.63) is 99.2 Å². The van der Waals surface area contributed by atoms with Crippen LogP contribution in [0.5, 0.6) is 0 Å². The summed E-state index contributed by atoms with van der Waals surface area (Å²) in [4.78, 5) is 12.7. The van der Waals surface area contributed by atoms with Crippen LogP contribution >= 0.6 is 15.9 Å². The van der Waals surface area contributed by atoms with E-state index >= 15 is 0 Å². The maximum Gasteiger partial charge on any atom is 0.256 e. The van der Waals surface area contributed by atoms with Crippen LogP contribution in [-0.2, 0) is 13.1 Å². The lowest BCUT2D eigenvalue weighted by Gasteiger charge is -2.07. The lowest BCUT2D eigenvalue weighted by atomic mass is 10.1. The Balaban J connectivity index is 1.43. The van der Waals surface area contributed by atoms with Crippen molar-refractivity contribution in [1.82, 2.24) is 19.6 Å². The molecule has 0 bridgehead atoms. The zero-order valence-corrected chi connectivity index (χ0v) is 18.7. The van der Waals surface area contributed by atoms with Crippen LogP contribution in [0.4, 0.5) is 10.2 Å². The van der Waals surface area contributed by atoms with Crippen LogP contribution < -0.4 is 5.32 Å². The molecule has 0 aliphatic carbocycles. The molecular formula is C23H21BrFN5O. The number of benzene rings is 2. The fourth-order valence-electron chi connectivity index (χ4n) is 3.31. The van der Waals surface area contributed by atoms with Gasteiger partial charge in [0.2, 0.25) is 0 Å². The first-order chi connectivity index (χ1) is 14.9. The number of carbonyl (C=O) groups excluding carboxylic acids is 1. The maximum atomic E-state index is 13.9. The average molecular weight is 482 g/mol. The number of halogens is 2. The molecule has 4 aromatic rings. The van der Waals surface area contributed by atoms with Gasteiger partial charge in [0.05, 0.1) is 23.3 Å². The third kappa shape index (κ3) is 4.91. The van der Waals surface area contributed by atoms with Crippen molar-refractivity contribution in [2.45, 2.75) is 26.9 Å². The largest absolute Gasteiger partial charge is 0.304 e. The minimum absolute atomic E-state index is 0.266. The molecular weight excluding hydrogens is 461 g/mol. The van der Waals surface area contributed by atoms with Gasteiger partial charge in [0.15, 0.2) is 5.82 Å². The van der Waals surface area contributed by atoms with Gasteiger partial charge in [-0.25, -0.2) is 4.39 Å². The molecule has 1 N–H and O–H groups in total. The first kappa shape index (κ1) is 21.0. The summed E-state index contributed by atoms with van der Waals surface area (Å²) in [6.45, 7) is 4.90. The fraction of sp³-hybridized carbons (Fsp3) is 0.174. The summed E-state index contributed by atoms with van der Waals surface area (Å²) in [7, 11) is 0. The summed E-state index contributed by atoms with van der Waals surface area (Å²) >= 11 is 3.41. The van der Waals surface area contributed by atoms with Crippen LogP contribution in [-0.4, -0.2) is 25.5 Å². The normalized spacial score (nSPS) is 11.0. The quantitative estimate of drug-likeness (QED) is 0.423. The number of anilines is 1. The van der Waals surface area contributed by atoms with Crippen molar-refractivity contribution >= 4 is 27.7 Å². The molecule has 0 aliphatic rings. The Hall–Kier alpha value is -3.26. The summed E-state index contributed by atoms with van der Waals surface area (Å²) < 4.78 is 18.0. The van der Waals surface area contributed by atoms with Crippen molar-refractivity contribution in [2.24, 2.45) is 0 Å². The molecule has 0 aliphatic heterocycles. The standard InChI is InChI=1S/C23H21BrFN5O/c1-15-11-16(2)30(27-15)12-17-7-9-18(10-8-17)23(31)26-22-20(24)14-29(28-22)13-19-5-3-4-6-21(19)25/h3-11,14H,12-13H2,1-2H3,(H,26,28,31). The Morgan fingerprint density at radius 3 is 2.48 bits per heavy atom. The van der Waals surface area contributed by atoms with Gasteiger partial charge in [0.1, 0.15) is 5.82 Å². The van der Waals surface area contributed by atoms with Crippen molar-refractivity contribution < 1.29 is 9.18 Å². The van der Waals surface area contributed by atoms with Gasteiger partial charge in [-0.3, -0.25) is 14.2 Å². The molecule has 31 heavy (non-hydrogen) atoms. The number of carbonyl (C=O) groups is 1. The number of hydrogen-bond acceptors (Lipinski definition) is 3. The Bertz CT molecular complexity index is 1230. The van der Waals surface area contributed by atoms with E-state index in [1.807, 2.05) is 36.7 Å². The zero-order valence-electron chi connectivity index (χ0n) is 17.1. The second kappa shape index (κ2) is 8.85. The lowest BCUT2D eigenvalue weighted by Crippen LogP contribution is -2.13. The predicted molar refractivity (Wildman–Crippen MR) is 121 cm³/mol. The molecule has 1 amide bonds. The third-order valence-electron chi connectivity index (χ3n) is 4.89. The molecule has 2 heterocycles. The van der Waals surface area contributed by atoms with Crippen molar-refractivity contribution in [3.63, 3.8) is 0 Å². The van der Waals surface area contributed by atoms with E-state index in [4.69, 9.17) is 0 Å². The van der Waals surface area contributed by atoms with Gasteiger partial charge in [-0.15, -0.1) is 0 Å². The molecule has 0 atom stereocenters. The van der Waals surface area contributed by atoms with Crippen molar-refractivity contribution in [2.75, 3.05) is 5.32 Å². The minimum atomic E-state index is -0.291. The number of amides is 1. The van der Waals surface area contributed by atoms with Gasteiger partial charge in [0, 0.05) is 23.0 Å². The highest BCUT2D eigenvalue weighted by molar-refractivity contribution is 9.10. The topological polar surface area (TPSA) is 64.7 Å². The van der Waals surface area contributed by atoms with Crippen LogP contribution in [0.3, 0.4) is 0 Å². The fourth-order valence-corrected chi connectivity index (χ4v) is 3.73. The number of aromatic nitrogens is 4. The van der Waals surface area contributed by atoms with E-state index in [1.54, 1.807) is 41.2 Å². The highest BCUT2D eigenvalue weighted by Crippen LogP contribution is 2.22. The van der Waals surface area contributed by atoms with Gasteiger partial charge < -0.3 is 5.32 Å². The molecule has 0 fully saturated rings. The molecule has 0 saturated heterocycles. The van der Waals surface area contributed by atoms with Gasteiger partial charge in [-0.2, -0.15) is 10.2 Å². The molecule has 0 radical (unpaired) electrons. The van der Waals surface area contributed by atoms with E-state index in [0.29, 0.717) is 28.0 Å². The van der Waals surface area contributed by atoms with Gasteiger partial charge in [-0.1, -0.05) is 30.3 Å². The van der Waals surface area contributed by atoms with Crippen LogP contribution in [0, 0.1) is 19.7 Å². The Morgan fingerprint density at radius 1 is 1.06 bits per heavy atom. The first-order valence-electron chi connectivity index (χ1n) is 9.77. The van der Waals surface area contributed by atoms with E-state index in [9.17, 15) is 9.18 Å². The molecule has 0 spiro atoms. The third-order valence-corrected chi connectivity index (χ3v) is 5.47. The number of aryl methyl sites for hydroxylation is 2. The van der Waals surface area contributed by atoms with E-state index in [0.717, 1.165) is 17.0 Å². The molecule has 2 aromatic carbocycles. The predicted octanol–water partition coefficient (Wildman–Crippen LogP) is 4.95. The van der Waals surface area contributed by atoms with E-state index in [-0.39, 0.29) is 18.3 Å². The van der Waals surface area contributed by atoms with Gasteiger partial charge in [0.25, 0.3) is 5.91 Å². The summed E-state index contributed by atoms with van der Waals surface area (Å²) in [6, 6.07) is 16.0. The maximum absolute atomic E-state index is 13.9. The SMILES string of the molecule is Cc1cc(C)n(Cc2ccc(C(=O)Nc3nn(Cc4ccccc4F)cc3Br)cc2)n1. The second-order valence-corrected chi connectivity index (χ2v) is 8.20. The van der Waals surface area contributed by atoms with Gasteiger partial charge in [-0.05, 0) is 59.6 Å². The minimum Gasteiger partial charge on any atom is -0.304 e. The molecule has 6 nitrogen and oxygen atoms in total. The summed E-state index contributed by atoms with van der Waals surface area (Å²) in [5.41, 5.74) is 4.17. The highest BCUT2D eigenvalue weighted by Gasteiger charge is 2.13. The van der Waals surface area contributed by atoms with Crippen LogP contribution in [0.2, 0.25) is 0 Å². The molecule has 0 unspecified atom stereocenters. The van der Waals surface area contributed by atoms with Crippen LogP contribution in [0.15, 0.2) is 65.3 Å². The Kier molecular flexibility index (Phi) is 5.99. The van der Waals surface area contributed by atoms with Crippen LogP contribution in [0.25, 0.3) is 0 Å².